The lowest BCUT2D eigenvalue weighted by Crippen LogP contribution is -2.52. The van der Waals surface area contributed by atoms with Gasteiger partial charge in [0, 0.05) is 11.5 Å². The van der Waals surface area contributed by atoms with E-state index in [9.17, 15) is 15.0 Å². The molecule has 0 aromatic heterocycles. The summed E-state index contributed by atoms with van der Waals surface area (Å²) in [5.41, 5.74) is 0.223. The third-order valence-corrected chi connectivity index (χ3v) is 5.12. The quantitative estimate of drug-likeness (QED) is 0.891. The molecule has 0 spiro atoms. The topological polar surface area (TPSA) is 76.0 Å². The predicted molar refractivity (Wildman–Crippen MR) is 84.6 cm³/mol. The summed E-state index contributed by atoms with van der Waals surface area (Å²) in [4.78, 5) is 11.7. The van der Waals surface area contributed by atoms with E-state index < -0.39 is 17.5 Å². The first kappa shape index (κ1) is 16.1. The summed E-state index contributed by atoms with van der Waals surface area (Å²) >= 11 is 0. The number of aliphatic carboxylic acids is 1. The number of hydrogen-bond acceptors (Lipinski definition) is 4. The van der Waals surface area contributed by atoms with Crippen LogP contribution in [0.5, 0.6) is 11.5 Å². The highest BCUT2D eigenvalue weighted by molar-refractivity contribution is 5.71. The molecule has 126 valence electrons. The van der Waals surface area contributed by atoms with Gasteiger partial charge in [0.1, 0.15) is 5.60 Å². The summed E-state index contributed by atoms with van der Waals surface area (Å²) < 4.78 is 12.3. The van der Waals surface area contributed by atoms with Crippen molar-refractivity contribution in [2.45, 2.75) is 57.8 Å². The monoisotopic (exact) mass is 320 g/mol. The van der Waals surface area contributed by atoms with Crippen LogP contribution in [0, 0.1) is 11.8 Å². The molecule has 4 atom stereocenters. The van der Waals surface area contributed by atoms with Gasteiger partial charge in [-0.3, -0.25) is 4.79 Å². The van der Waals surface area contributed by atoms with Crippen molar-refractivity contribution in [3.8, 4) is 11.5 Å². The van der Waals surface area contributed by atoms with E-state index in [4.69, 9.17) is 9.47 Å². The van der Waals surface area contributed by atoms with Crippen LogP contribution in [-0.4, -0.2) is 27.9 Å². The van der Waals surface area contributed by atoms with Gasteiger partial charge in [0.25, 0.3) is 0 Å². The fourth-order valence-electron chi connectivity index (χ4n) is 3.90. The summed E-state index contributed by atoms with van der Waals surface area (Å²) in [5, 5.41) is 19.7. The molecule has 23 heavy (non-hydrogen) atoms. The Balaban J connectivity index is 2.02. The van der Waals surface area contributed by atoms with Gasteiger partial charge in [-0.05, 0) is 32.8 Å². The van der Waals surface area contributed by atoms with Gasteiger partial charge in [0.2, 0.25) is 0 Å². The molecule has 1 aromatic carbocycles. The summed E-state index contributed by atoms with van der Waals surface area (Å²) in [6.07, 6.45) is 1.57. The van der Waals surface area contributed by atoms with Gasteiger partial charge in [0.05, 0.1) is 18.1 Å². The molecule has 0 aliphatic carbocycles. The highest BCUT2D eigenvalue weighted by Gasteiger charge is 2.52. The van der Waals surface area contributed by atoms with E-state index in [1.54, 1.807) is 12.1 Å². The van der Waals surface area contributed by atoms with Gasteiger partial charge in [0.15, 0.2) is 11.5 Å². The molecule has 0 unspecified atom stereocenters. The summed E-state index contributed by atoms with van der Waals surface area (Å²) in [5.74, 6) is -0.823. The number of fused-ring (bicyclic) bond motifs is 3. The minimum Gasteiger partial charge on any atom is -0.504 e. The number of rotatable bonds is 3. The lowest BCUT2D eigenvalue weighted by atomic mass is 9.71. The average molecular weight is 320 g/mol. The van der Waals surface area contributed by atoms with E-state index in [1.165, 1.54) is 0 Å². The van der Waals surface area contributed by atoms with Crippen molar-refractivity contribution >= 4 is 5.97 Å². The first-order valence-electron chi connectivity index (χ1n) is 8.24. The van der Waals surface area contributed by atoms with Gasteiger partial charge in [-0.15, -0.1) is 0 Å². The zero-order valence-electron chi connectivity index (χ0n) is 13.8. The van der Waals surface area contributed by atoms with Crippen molar-refractivity contribution in [3.05, 3.63) is 23.8 Å². The number of hydrogen-bond donors (Lipinski definition) is 2. The second kappa shape index (κ2) is 5.71. The maximum absolute atomic E-state index is 11.7. The van der Waals surface area contributed by atoms with E-state index >= 15 is 0 Å². The molecule has 0 amide bonds. The Kier molecular flexibility index (Phi) is 4.00. The molecule has 5 nitrogen and oxygen atoms in total. The van der Waals surface area contributed by atoms with Crippen molar-refractivity contribution < 1.29 is 24.5 Å². The van der Waals surface area contributed by atoms with Crippen LogP contribution in [0.4, 0.5) is 0 Å². The van der Waals surface area contributed by atoms with Gasteiger partial charge < -0.3 is 19.7 Å². The number of carboxylic acids is 1. The van der Waals surface area contributed by atoms with Crippen molar-refractivity contribution in [1.29, 1.82) is 0 Å². The molecule has 1 aromatic rings. The Hall–Kier alpha value is -1.75. The lowest BCUT2D eigenvalue weighted by molar-refractivity contribution is -0.188. The first-order valence-corrected chi connectivity index (χ1v) is 8.24. The molecule has 2 aliphatic rings. The van der Waals surface area contributed by atoms with Crippen LogP contribution < -0.4 is 4.74 Å². The fraction of sp³-hybridized carbons (Fsp3) is 0.611. The largest absolute Gasteiger partial charge is 0.504 e. The third kappa shape index (κ3) is 2.67. The third-order valence-electron chi connectivity index (χ3n) is 5.12. The number of benzene rings is 1. The van der Waals surface area contributed by atoms with Crippen LogP contribution in [0.25, 0.3) is 0 Å². The second-order valence-corrected chi connectivity index (χ2v) is 7.07. The molecule has 2 N–H and O–H groups in total. The number of carboxylic acid groups (broad SMARTS) is 1. The SMILES string of the molecule is CCC[C@@H]1O[C@@H]2c3cccc(O)c3OC(C)(C)[C@H]2C[C@H]1C(=O)O. The van der Waals surface area contributed by atoms with Crippen molar-refractivity contribution in [2.75, 3.05) is 0 Å². The summed E-state index contributed by atoms with van der Waals surface area (Å²) in [6, 6.07) is 5.27. The Morgan fingerprint density at radius 1 is 1.39 bits per heavy atom. The average Bonchev–Trinajstić information content (AvgIpc) is 2.48. The smallest absolute Gasteiger partial charge is 0.309 e. The number of aromatic hydroxyl groups is 1. The number of ether oxygens (including phenoxy) is 2. The van der Waals surface area contributed by atoms with E-state index in [0.717, 1.165) is 18.4 Å². The zero-order valence-corrected chi connectivity index (χ0v) is 13.8. The molecular weight excluding hydrogens is 296 g/mol. The Labute approximate surface area is 136 Å². The number of phenolic OH excluding ortho intramolecular Hbond substituents is 1. The van der Waals surface area contributed by atoms with Crippen LogP contribution in [0.3, 0.4) is 0 Å². The zero-order chi connectivity index (χ0) is 16.8. The fourth-order valence-corrected chi connectivity index (χ4v) is 3.90. The standard InChI is InChI=1S/C18H24O5/c1-4-6-14-11(17(20)21)9-12-15(22-14)10-7-5-8-13(19)16(10)23-18(12,2)3/h5,7-8,11-12,14-15,19H,4,6,9H2,1-3H3,(H,20,21)/t11-,12+,14+,15-/m1/s1. The molecule has 2 aliphatic heterocycles. The predicted octanol–water partition coefficient (Wildman–Crippen LogP) is 3.51. The van der Waals surface area contributed by atoms with Gasteiger partial charge >= 0.3 is 5.97 Å². The number of phenols is 1. The summed E-state index contributed by atoms with van der Waals surface area (Å²) in [6.45, 7) is 5.90. The van der Waals surface area contributed by atoms with Crippen LogP contribution in [0.2, 0.25) is 0 Å². The van der Waals surface area contributed by atoms with Gasteiger partial charge in [-0.25, -0.2) is 0 Å². The molecule has 3 rings (SSSR count). The van der Waals surface area contributed by atoms with E-state index in [-0.39, 0.29) is 23.9 Å². The van der Waals surface area contributed by atoms with Crippen LogP contribution in [0.15, 0.2) is 18.2 Å². The lowest BCUT2D eigenvalue weighted by Gasteiger charge is -2.50. The van der Waals surface area contributed by atoms with E-state index in [0.29, 0.717) is 12.2 Å². The Bertz CT molecular complexity index is 609. The Morgan fingerprint density at radius 2 is 2.13 bits per heavy atom. The van der Waals surface area contributed by atoms with Gasteiger partial charge in [-0.1, -0.05) is 25.5 Å². The highest BCUT2D eigenvalue weighted by atomic mass is 16.5. The molecule has 1 saturated heterocycles. The Morgan fingerprint density at radius 3 is 2.78 bits per heavy atom. The molecule has 0 bridgehead atoms. The molecule has 5 heteroatoms. The summed E-state index contributed by atoms with van der Waals surface area (Å²) in [7, 11) is 0. The van der Waals surface area contributed by atoms with Crippen LogP contribution in [0.1, 0.15) is 51.7 Å². The maximum Gasteiger partial charge on any atom is 0.309 e. The van der Waals surface area contributed by atoms with Crippen molar-refractivity contribution in [2.24, 2.45) is 11.8 Å². The normalized spacial score (nSPS) is 31.6. The maximum atomic E-state index is 11.7. The minimum absolute atomic E-state index is 0.0639. The molecule has 1 fully saturated rings. The molecular formula is C18H24O5. The van der Waals surface area contributed by atoms with Crippen LogP contribution in [-0.2, 0) is 9.53 Å². The van der Waals surface area contributed by atoms with E-state index in [1.807, 2.05) is 26.8 Å². The molecule has 2 heterocycles. The molecule has 0 saturated carbocycles. The number of carbonyl (C=O) groups is 1. The van der Waals surface area contributed by atoms with Crippen LogP contribution >= 0.6 is 0 Å². The second-order valence-electron chi connectivity index (χ2n) is 7.07. The number of para-hydroxylation sites is 1. The van der Waals surface area contributed by atoms with Crippen molar-refractivity contribution in [3.63, 3.8) is 0 Å². The van der Waals surface area contributed by atoms with Crippen molar-refractivity contribution in [1.82, 2.24) is 0 Å². The van der Waals surface area contributed by atoms with E-state index in [2.05, 4.69) is 0 Å². The first-order chi connectivity index (χ1) is 10.8. The highest BCUT2D eigenvalue weighted by Crippen LogP contribution is 2.54. The minimum atomic E-state index is -0.806. The van der Waals surface area contributed by atoms with Gasteiger partial charge in [-0.2, -0.15) is 0 Å². The molecule has 0 radical (unpaired) electrons.